The molecule has 1 saturated carbocycles. The van der Waals surface area contributed by atoms with Crippen LogP contribution < -0.4 is 0 Å². The minimum absolute atomic E-state index is 0.145. The molecule has 7 N–H and O–H groups in total. The van der Waals surface area contributed by atoms with Crippen LogP contribution in [0.3, 0.4) is 0 Å². The molecule has 10 heteroatoms. The summed E-state index contributed by atoms with van der Waals surface area (Å²) in [6.07, 6.45) is -8.59. The molecule has 1 aliphatic carbocycles. The van der Waals surface area contributed by atoms with Crippen LogP contribution in [0.2, 0.25) is 0 Å². The van der Waals surface area contributed by atoms with Gasteiger partial charge in [0.25, 0.3) is 0 Å². The zero-order valence-corrected chi connectivity index (χ0v) is 14.7. The van der Waals surface area contributed by atoms with E-state index < -0.39 is 62.5 Å². The molecule has 8 atom stereocenters. The molecular formula is C14H29O9P. The van der Waals surface area contributed by atoms with Gasteiger partial charge >= 0.3 is 0 Å². The Hall–Kier alpha value is -0.0900. The second-order valence-corrected chi connectivity index (χ2v) is 8.26. The summed E-state index contributed by atoms with van der Waals surface area (Å²) in [6, 6.07) is 0. The maximum absolute atomic E-state index is 12.4. The first-order chi connectivity index (χ1) is 11.2. The predicted octanol–water partition coefficient (Wildman–Crippen LogP) is -2.38. The van der Waals surface area contributed by atoms with Gasteiger partial charge in [-0.3, -0.25) is 0 Å². The first-order valence-corrected chi connectivity index (χ1v) is 9.71. The average Bonchev–Trinajstić information content (AvgIpc) is 2.57. The van der Waals surface area contributed by atoms with Crippen molar-refractivity contribution in [2.75, 3.05) is 19.4 Å². The van der Waals surface area contributed by atoms with Gasteiger partial charge in [-0.05, 0) is 6.42 Å². The first kappa shape index (κ1) is 22.0. The number of rotatable bonds is 9. The van der Waals surface area contributed by atoms with Gasteiger partial charge in [0.2, 0.25) is 0 Å². The maximum Gasteiger partial charge on any atom is 0.171 e. The van der Waals surface area contributed by atoms with Crippen LogP contribution in [-0.2, 0) is 9.30 Å². The molecule has 0 spiro atoms. The monoisotopic (exact) mass is 372 g/mol. The summed E-state index contributed by atoms with van der Waals surface area (Å²) in [5.41, 5.74) is 0. The van der Waals surface area contributed by atoms with Crippen molar-refractivity contribution in [2.45, 2.75) is 68.2 Å². The molecule has 1 aliphatic rings. The lowest BCUT2D eigenvalue weighted by atomic mass is 9.84. The summed E-state index contributed by atoms with van der Waals surface area (Å²) < 4.78 is 17.7. The standard InChI is InChI=1S/C14H29O9P/c1-2-3-4-5-23-11-9(17)10(18)12(19)14(21,13(11)20)24(22)7-8(16)6-15/h8-13,15-21,24H,2-7H2,1H3. The van der Waals surface area contributed by atoms with Crippen LogP contribution in [0.1, 0.15) is 26.2 Å². The highest BCUT2D eigenvalue weighted by Gasteiger charge is 2.61. The Bertz CT molecular complexity index is 410. The van der Waals surface area contributed by atoms with Gasteiger partial charge in [0.05, 0.1) is 12.7 Å². The lowest BCUT2D eigenvalue weighted by Gasteiger charge is -2.48. The van der Waals surface area contributed by atoms with E-state index >= 15 is 0 Å². The lowest BCUT2D eigenvalue weighted by molar-refractivity contribution is -0.249. The molecule has 0 aromatic rings. The van der Waals surface area contributed by atoms with Crippen LogP contribution in [0.4, 0.5) is 0 Å². The van der Waals surface area contributed by atoms with E-state index in [1.54, 1.807) is 0 Å². The lowest BCUT2D eigenvalue weighted by Crippen LogP contribution is -2.70. The Morgan fingerprint density at radius 2 is 1.75 bits per heavy atom. The van der Waals surface area contributed by atoms with Gasteiger partial charge in [0.1, 0.15) is 38.3 Å². The summed E-state index contributed by atoms with van der Waals surface area (Å²) in [6.45, 7) is 1.41. The molecule has 144 valence electrons. The van der Waals surface area contributed by atoms with Crippen molar-refractivity contribution >= 4 is 7.80 Å². The van der Waals surface area contributed by atoms with Crippen molar-refractivity contribution < 1.29 is 45.0 Å². The van der Waals surface area contributed by atoms with Gasteiger partial charge in [-0.1, -0.05) is 19.8 Å². The molecule has 0 bridgehead atoms. The number of ether oxygens (including phenoxy) is 1. The third kappa shape index (κ3) is 4.55. The molecule has 0 aromatic heterocycles. The largest absolute Gasteiger partial charge is 0.394 e. The SMILES string of the molecule is CCCCCOC1C(O)C(O)C(O)C(O)([PH](=O)CC(O)CO)C1O. The summed E-state index contributed by atoms with van der Waals surface area (Å²) >= 11 is 0. The summed E-state index contributed by atoms with van der Waals surface area (Å²) in [5.74, 6) is 0. The Balaban J connectivity index is 2.94. The number of hydrogen-bond acceptors (Lipinski definition) is 9. The summed E-state index contributed by atoms with van der Waals surface area (Å²) in [4.78, 5) is 0. The average molecular weight is 372 g/mol. The van der Waals surface area contributed by atoms with E-state index in [4.69, 9.17) is 9.84 Å². The predicted molar refractivity (Wildman–Crippen MR) is 85.2 cm³/mol. The van der Waals surface area contributed by atoms with Crippen LogP contribution in [0.15, 0.2) is 0 Å². The third-order valence-electron chi connectivity index (χ3n) is 4.36. The van der Waals surface area contributed by atoms with Crippen LogP contribution in [0.5, 0.6) is 0 Å². The molecule has 0 heterocycles. The fraction of sp³-hybridized carbons (Fsp3) is 1.00. The van der Waals surface area contributed by atoms with E-state index in [2.05, 4.69) is 0 Å². The molecule has 1 fully saturated rings. The van der Waals surface area contributed by atoms with Gasteiger partial charge in [0, 0.05) is 12.8 Å². The zero-order valence-electron chi connectivity index (χ0n) is 13.7. The maximum atomic E-state index is 12.4. The second-order valence-electron chi connectivity index (χ2n) is 6.20. The molecule has 0 aromatic carbocycles. The minimum atomic E-state index is -3.28. The fourth-order valence-electron chi connectivity index (χ4n) is 2.79. The van der Waals surface area contributed by atoms with Crippen molar-refractivity contribution in [3.63, 3.8) is 0 Å². The summed E-state index contributed by atoms with van der Waals surface area (Å²) in [7, 11) is -3.28. The second kappa shape index (κ2) is 9.56. The first-order valence-electron chi connectivity index (χ1n) is 8.10. The van der Waals surface area contributed by atoms with E-state index in [1.165, 1.54) is 0 Å². The Labute approximate surface area is 141 Å². The molecule has 8 unspecified atom stereocenters. The van der Waals surface area contributed by atoms with Crippen molar-refractivity contribution in [1.29, 1.82) is 0 Å². The number of unbranched alkanes of at least 4 members (excludes halogenated alkanes) is 2. The molecule has 0 saturated heterocycles. The van der Waals surface area contributed by atoms with Crippen LogP contribution in [0, 0.1) is 0 Å². The van der Waals surface area contributed by atoms with E-state index in [1.807, 2.05) is 6.92 Å². The highest BCUT2D eigenvalue weighted by molar-refractivity contribution is 7.46. The molecule has 24 heavy (non-hydrogen) atoms. The van der Waals surface area contributed by atoms with Gasteiger partial charge in [-0.2, -0.15) is 0 Å². The van der Waals surface area contributed by atoms with Crippen molar-refractivity contribution in [2.24, 2.45) is 0 Å². The summed E-state index contributed by atoms with van der Waals surface area (Å²) in [5, 5.41) is 66.4. The third-order valence-corrected chi connectivity index (χ3v) is 6.69. The van der Waals surface area contributed by atoms with E-state index in [0.717, 1.165) is 12.8 Å². The molecule has 0 amide bonds. The van der Waals surface area contributed by atoms with E-state index in [-0.39, 0.29) is 6.61 Å². The topological polar surface area (TPSA) is 168 Å². The Morgan fingerprint density at radius 1 is 1.12 bits per heavy atom. The highest BCUT2D eigenvalue weighted by atomic mass is 31.1. The normalized spacial score (nSPS) is 39.6. The fourth-order valence-corrected chi connectivity index (χ4v) is 4.67. The van der Waals surface area contributed by atoms with E-state index in [9.17, 15) is 35.2 Å². The van der Waals surface area contributed by atoms with Crippen molar-refractivity contribution in [3.05, 3.63) is 0 Å². The van der Waals surface area contributed by atoms with Gasteiger partial charge < -0.3 is 45.0 Å². The number of hydrogen-bond donors (Lipinski definition) is 7. The van der Waals surface area contributed by atoms with Gasteiger partial charge in [0.15, 0.2) is 5.34 Å². The highest BCUT2D eigenvalue weighted by Crippen LogP contribution is 2.48. The van der Waals surface area contributed by atoms with Crippen molar-refractivity contribution in [1.82, 2.24) is 0 Å². The Morgan fingerprint density at radius 3 is 2.29 bits per heavy atom. The number of aliphatic hydroxyl groups is 7. The van der Waals surface area contributed by atoms with Crippen LogP contribution in [0.25, 0.3) is 0 Å². The quantitative estimate of drug-likeness (QED) is 0.173. The molecule has 0 radical (unpaired) electrons. The zero-order chi connectivity index (χ0) is 18.5. The molecular weight excluding hydrogens is 343 g/mol. The van der Waals surface area contributed by atoms with Gasteiger partial charge in [-0.25, -0.2) is 0 Å². The minimum Gasteiger partial charge on any atom is -0.394 e. The Kier molecular flexibility index (Phi) is 8.75. The molecule has 1 rings (SSSR count). The molecule has 0 aliphatic heterocycles. The molecule has 9 nitrogen and oxygen atoms in total. The smallest absolute Gasteiger partial charge is 0.171 e. The van der Waals surface area contributed by atoms with Crippen molar-refractivity contribution in [3.8, 4) is 0 Å². The van der Waals surface area contributed by atoms with E-state index in [0.29, 0.717) is 6.42 Å². The number of aliphatic hydroxyl groups excluding tert-OH is 6. The van der Waals surface area contributed by atoms with Crippen LogP contribution >= 0.6 is 7.80 Å². The van der Waals surface area contributed by atoms with Gasteiger partial charge in [-0.15, -0.1) is 0 Å². The van der Waals surface area contributed by atoms with Crippen LogP contribution in [-0.4, -0.2) is 97.1 Å².